The summed E-state index contributed by atoms with van der Waals surface area (Å²) in [6.45, 7) is 6.14. The lowest BCUT2D eigenvalue weighted by Gasteiger charge is -2.38. The molecule has 2 rings (SSSR count). The lowest BCUT2D eigenvalue weighted by molar-refractivity contribution is 0.0550. The van der Waals surface area contributed by atoms with Gasteiger partial charge in [-0.1, -0.05) is 0 Å². The number of hydrogen-bond donors (Lipinski definition) is 2. The van der Waals surface area contributed by atoms with Crippen LogP contribution in [-0.2, 0) is 4.74 Å². The number of aromatic hydroxyl groups is 1. The van der Waals surface area contributed by atoms with Gasteiger partial charge in [-0.2, -0.15) is 0 Å². The highest BCUT2D eigenvalue weighted by Crippen LogP contribution is 2.27. The molecule has 1 aromatic rings. The van der Waals surface area contributed by atoms with Gasteiger partial charge in [0.15, 0.2) is 0 Å². The Morgan fingerprint density at radius 1 is 1.17 bits per heavy atom. The zero-order valence-electron chi connectivity index (χ0n) is 14.2. The minimum atomic E-state index is -0.943. The molecule has 132 valence electrons. The first kappa shape index (κ1) is 17.9. The van der Waals surface area contributed by atoms with Gasteiger partial charge in [0.25, 0.3) is 0 Å². The number of ether oxygens (including phenoxy) is 1. The van der Waals surface area contributed by atoms with E-state index < -0.39 is 17.8 Å². The molecule has 7 heteroatoms. The maximum absolute atomic E-state index is 12.7. The van der Waals surface area contributed by atoms with Crippen molar-refractivity contribution in [2.75, 3.05) is 18.0 Å². The number of rotatable bonds is 2. The van der Waals surface area contributed by atoms with E-state index >= 15 is 0 Å². The minimum absolute atomic E-state index is 0.114. The van der Waals surface area contributed by atoms with Gasteiger partial charge in [0.1, 0.15) is 11.4 Å². The number of hydrogen-bond acceptors (Lipinski definition) is 4. The number of carboxylic acid groups (broad SMARTS) is 1. The lowest BCUT2D eigenvalue weighted by Crippen LogP contribution is -2.50. The second-order valence-electron chi connectivity index (χ2n) is 6.87. The Morgan fingerprint density at radius 3 is 2.17 bits per heavy atom. The van der Waals surface area contributed by atoms with E-state index in [4.69, 9.17) is 9.84 Å². The highest BCUT2D eigenvalue weighted by atomic mass is 16.6. The standard InChI is InChI=1S/C17H24N2O5/c1-17(2,3)24-16(23)19(12-4-6-14(20)7-5-12)13-8-10-18(11-9-13)15(21)22/h4-7,13,20H,8-11H2,1-3H3,(H,21,22). The van der Waals surface area contributed by atoms with Crippen LogP contribution in [0.15, 0.2) is 24.3 Å². The number of carbonyl (C=O) groups is 2. The summed E-state index contributed by atoms with van der Waals surface area (Å²) in [5.41, 5.74) is -0.00980. The zero-order chi connectivity index (χ0) is 17.9. The fourth-order valence-corrected chi connectivity index (χ4v) is 2.70. The molecule has 0 aromatic heterocycles. The van der Waals surface area contributed by atoms with Crippen molar-refractivity contribution in [2.45, 2.75) is 45.3 Å². The van der Waals surface area contributed by atoms with Crippen LogP contribution >= 0.6 is 0 Å². The highest BCUT2D eigenvalue weighted by Gasteiger charge is 2.33. The van der Waals surface area contributed by atoms with E-state index in [0.29, 0.717) is 31.6 Å². The van der Waals surface area contributed by atoms with Gasteiger partial charge in [-0.15, -0.1) is 0 Å². The summed E-state index contributed by atoms with van der Waals surface area (Å²) in [4.78, 5) is 26.6. The van der Waals surface area contributed by atoms with Crippen molar-refractivity contribution in [3.8, 4) is 5.75 Å². The number of carbonyl (C=O) groups excluding carboxylic acids is 1. The van der Waals surface area contributed by atoms with Gasteiger partial charge in [0.05, 0.1) is 0 Å². The first-order chi connectivity index (χ1) is 11.2. The first-order valence-corrected chi connectivity index (χ1v) is 7.96. The van der Waals surface area contributed by atoms with E-state index in [1.807, 2.05) is 0 Å². The maximum atomic E-state index is 12.7. The van der Waals surface area contributed by atoms with Crippen LogP contribution in [0, 0.1) is 0 Å². The molecule has 1 aromatic carbocycles. The fourth-order valence-electron chi connectivity index (χ4n) is 2.70. The van der Waals surface area contributed by atoms with Gasteiger partial charge < -0.3 is 19.8 Å². The number of anilines is 1. The van der Waals surface area contributed by atoms with Crippen molar-refractivity contribution in [3.63, 3.8) is 0 Å². The molecule has 0 spiro atoms. The van der Waals surface area contributed by atoms with Crippen LogP contribution in [0.25, 0.3) is 0 Å². The molecule has 0 saturated carbocycles. The third-order valence-corrected chi connectivity index (χ3v) is 3.82. The van der Waals surface area contributed by atoms with Crippen LogP contribution in [0.3, 0.4) is 0 Å². The molecule has 1 fully saturated rings. The molecule has 1 aliphatic heterocycles. The van der Waals surface area contributed by atoms with Crippen LogP contribution in [0.1, 0.15) is 33.6 Å². The van der Waals surface area contributed by atoms with Crippen LogP contribution in [0.5, 0.6) is 5.75 Å². The monoisotopic (exact) mass is 336 g/mol. The van der Waals surface area contributed by atoms with Gasteiger partial charge in [-0.25, -0.2) is 9.59 Å². The molecular weight excluding hydrogens is 312 g/mol. The van der Waals surface area contributed by atoms with Crippen molar-refractivity contribution in [3.05, 3.63) is 24.3 Å². The summed E-state index contributed by atoms with van der Waals surface area (Å²) >= 11 is 0. The van der Waals surface area contributed by atoms with Crippen LogP contribution in [0.4, 0.5) is 15.3 Å². The van der Waals surface area contributed by atoms with E-state index in [1.54, 1.807) is 37.8 Å². The van der Waals surface area contributed by atoms with Crippen LogP contribution in [-0.4, -0.2) is 52.0 Å². The average molecular weight is 336 g/mol. The van der Waals surface area contributed by atoms with Gasteiger partial charge in [-0.3, -0.25) is 4.90 Å². The molecule has 1 saturated heterocycles. The number of likely N-dealkylation sites (tertiary alicyclic amines) is 1. The van der Waals surface area contributed by atoms with Crippen molar-refractivity contribution >= 4 is 17.9 Å². The third kappa shape index (κ3) is 4.53. The summed E-state index contributed by atoms with van der Waals surface area (Å²) in [5.74, 6) is 0.114. The molecule has 7 nitrogen and oxygen atoms in total. The summed E-state index contributed by atoms with van der Waals surface area (Å²) in [5, 5.41) is 18.5. The van der Waals surface area contributed by atoms with Gasteiger partial charge in [-0.05, 0) is 57.9 Å². The first-order valence-electron chi connectivity index (χ1n) is 7.96. The largest absolute Gasteiger partial charge is 0.508 e. The molecule has 0 radical (unpaired) electrons. The predicted molar refractivity (Wildman–Crippen MR) is 89.4 cm³/mol. The molecule has 0 unspecified atom stereocenters. The second kappa shape index (κ2) is 6.98. The molecule has 1 heterocycles. The zero-order valence-corrected chi connectivity index (χ0v) is 14.2. The normalized spacial score (nSPS) is 15.9. The topological polar surface area (TPSA) is 90.3 Å². The summed E-state index contributed by atoms with van der Waals surface area (Å²) in [6.07, 6.45) is -0.345. The maximum Gasteiger partial charge on any atom is 0.415 e. The number of piperidine rings is 1. The van der Waals surface area contributed by atoms with E-state index in [2.05, 4.69) is 0 Å². The molecule has 0 atom stereocenters. The smallest absolute Gasteiger partial charge is 0.415 e. The number of nitrogens with zero attached hydrogens (tertiary/aromatic N) is 2. The van der Waals surface area contributed by atoms with E-state index in [0.717, 1.165) is 0 Å². The van der Waals surface area contributed by atoms with Gasteiger partial charge in [0, 0.05) is 24.8 Å². The molecule has 2 amide bonds. The van der Waals surface area contributed by atoms with Crippen molar-refractivity contribution < 1.29 is 24.5 Å². The van der Waals surface area contributed by atoms with E-state index in [1.165, 1.54) is 17.0 Å². The second-order valence-corrected chi connectivity index (χ2v) is 6.87. The highest BCUT2D eigenvalue weighted by molar-refractivity contribution is 5.88. The summed E-state index contributed by atoms with van der Waals surface area (Å²) < 4.78 is 5.51. The quantitative estimate of drug-likeness (QED) is 0.865. The molecule has 0 aliphatic carbocycles. The van der Waals surface area contributed by atoms with Gasteiger partial charge >= 0.3 is 12.2 Å². The van der Waals surface area contributed by atoms with Crippen molar-refractivity contribution in [1.29, 1.82) is 0 Å². The average Bonchev–Trinajstić information content (AvgIpc) is 2.48. The Bertz CT molecular complexity index is 586. The van der Waals surface area contributed by atoms with E-state index in [9.17, 15) is 14.7 Å². The molecule has 1 aliphatic rings. The molecule has 2 N–H and O–H groups in total. The third-order valence-electron chi connectivity index (χ3n) is 3.82. The van der Waals surface area contributed by atoms with Gasteiger partial charge in [0.2, 0.25) is 0 Å². The number of amides is 2. The lowest BCUT2D eigenvalue weighted by atomic mass is 10.0. The summed E-state index contributed by atoms with van der Waals surface area (Å²) in [7, 11) is 0. The predicted octanol–water partition coefficient (Wildman–Crippen LogP) is 3.28. The number of phenols is 1. The molecule has 24 heavy (non-hydrogen) atoms. The molecular formula is C17H24N2O5. The van der Waals surface area contributed by atoms with Crippen LogP contribution < -0.4 is 4.90 Å². The minimum Gasteiger partial charge on any atom is -0.508 e. The Hall–Kier alpha value is -2.44. The number of benzene rings is 1. The Labute approximate surface area is 141 Å². The van der Waals surface area contributed by atoms with E-state index in [-0.39, 0.29) is 11.8 Å². The Kier molecular flexibility index (Phi) is 5.21. The van der Waals surface area contributed by atoms with Crippen LogP contribution in [0.2, 0.25) is 0 Å². The number of phenolic OH excluding ortho intramolecular Hbond substituents is 1. The fraction of sp³-hybridized carbons (Fsp3) is 0.529. The molecule has 0 bridgehead atoms. The summed E-state index contributed by atoms with van der Waals surface area (Å²) in [6, 6.07) is 6.18. The Balaban J connectivity index is 2.21. The van der Waals surface area contributed by atoms with Crippen molar-refractivity contribution in [1.82, 2.24) is 4.90 Å². The SMILES string of the molecule is CC(C)(C)OC(=O)N(c1ccc(O)cc1)C1CCN(C(=O)O)CC1. The van der Waals surface area contributed by atoms with Crippen molar-refractivity contribution in [2.24, 2.45) is 0 Å². The Morgan fingerprint density at radius 2 is 1.71 bits per heavy atom.